The van der Waals surface area contributed by atoms with E-state index >= 15 is 0 Å². The van der Waals surface area contributed by atoms with E-state index in [1.807, 2.05) is 70.2 Å². The molecule has 4 aliphatic rings. The van der Waals surface area contributed by atoms with Gasteiger partial charge in [-0.15, -0.1) is 0 Å². The van der Waals surface area contributed by atoms with Crippen molar-refractivity contribution >= 4 is 55.4 Å². The van der Waals surface area contributed by atoms with Crippen LogP contribution in [0.1, 0.15) is 99.7 Å². The van der Waals surface area contributed by atoms with Gasteiger partial charge < -0.3 is 19.5 Å². The molecule has 0 aliphatic heterocycles. The Morgan fingerprint density at radius 1 is 0.968 bits per heavy atom. The predicted octanol–water partition coefficient (Wildman–Crippen LogP) is 10.0. The zero-order valence-electron chi connectivity index (χ0n) is 36.4. The number of ether oxygens (including phenoxy) is 2. The number of aromatic nitrogens is 5. The van der Waals surface area contributed by atoms with Crippen molar-refractivity contribution in [1.82, 2.24) is 29.6 Å². The summed E-state index contributed by atoms with van der Waals surface area (Å²) < 4.78 is 15.6. The Bertz CT molecular complexity index is 2720. The number of para-hydroxylation sites is 1. The SMILES string of the molecule is Cc1c(-c2cccnc2C(=O)O)c(-c2ccc3cncc(C(=O)Nc4nc5ccccc5s4)c3c2)nn1CC12CC3(C)CC(C)(C1)CC(OCCN(C)C(=O)OC(C)(C)C)(C3)C2. The predicted molar refractivity (Wildman–Crippen MR) is 239 cm³/mol. The van der Waals surface area contributed by atoms with Crippen LogP contribution in [-0.2, 0) is 16.0 Å². The Labute approximate surface area is 364 Å². The molecule has 2 unspecified atom stereocenters. The number of carboxylic acids is 1. The van der Waals surface area contributed by atoms with Crippen LogP contribution in [0.5, 0.6) is 0 Å². The number of carboxylic acid groups (broad SMARTS) is 1. The summed E-state index contributed by atoms with van der Waals surface area (Å²) in [4.78, 5) is 54.3. The van der Waals surface area contributed by atoms with E-state index in [1.54, 1.807) is 36.5 Å². The van der Waals surface area contributed by atoms with Crippen molar-refractivity contribution in [2.75, 3.05) is 25.5 Å². The van der Waals surface area contributed by atoms with Crippen LogP contribution in [0.15, 0.2) is 73.2 Å². The molecule has 6 aromatic rings. The van der Waals surface area contributed by atoms with Gasteiger partial charge in [0.2, 0.25) is 0 Å². The molecule has 14 heteroatoms. The summed E-state index contributed by atoms with van der Waals surface area (Å²) in [6.45, 7) is 13.9. The van der Waals surface area contributed by atoms with Gasteiger partial charge in [0.25, 0.3) is 5.91 Å². The molecule has 2 aromatic carbocycles. The molecular weight excluding hydrogens is 803 g/mol. The number of hydrogen-bond donors (Lipinski definition) is 2. The lowest BCUT2D eigenvalue weighted by atomic mass is 9.39. The Balaban J connectivity index is 1.08. The topological polar surface area (TPSA) is 162 Å². The molecule has 62 heavy (non-hydrogen) atoms. The number of anilines is 1. The molecule has 2 amide bonds. The fraction of sp³-hybridized carbons (Fsp3) is 0.438. The Morgan fingerprint density at radius 2 is 1.73 bits per heavy atom. The van der Waals surface area contributed by atoms with E-state index in [4.69, 9.17) is 14.6 Å². The normalized spacial score (nSPS) is 24.1. The summed E-state index contributed by atoms with van der Waals surface area (Å²) in [6.07, 6.45) is 10.3. The molecule has 10 rings (SSSR count). The highest BCUT2D eigenvalue weighted by Gasteiger charge is 2.66. The number of pyridine rings is 2. The summed E-state index contributed by atoms with van der Waals surface area (Å²) >= 11 is 1.41. The first-order valence-electron chi connectivity index (χ1n) is 21.2. The molecule has 2 atom stereocenters. The van der Waals surface area contributed by atoms with Crippen molar-refractivity contribution in [2.45, 2.75) is 97.8 Å². The van der Waals surface area contributed by atoms with Gasteiger partial charge in [0.15, 0.2) is 10.8 Å². The third-order valence-corrected chi connectivity index (χ3v) is 13.9. The van der Waals surface area contributed by atoms with Crippen LogP contribution in [0, 0.1) is 23.2 Å². The molecular formula is C48H53N7O6S. The van der Waals surface area contributed by atoms with Crippen LogP contribution >= 0.6 is 11.3 Å². The maximum absolute atomic E-state index is 13.9. The van der Waals surface area contributed by atoms with Crippen molar-refractivity contribution in [2.24, 2.45) is 16.2 Å². The molecule has 0 saturated heterocycles. The maximum atomic E-state index is 13.9. The summed E-state index contributed by atoms with van der Waals surface area (Å²) in [5, 5.41) is 20.7. The van der Waals surface area contributed by atoms with Crippen molar-refractivity contribution in [3.63, 3.8) is 0 Å². The summed E-state index contributed by atoms with van der Waals surface area (Å²) in [6, 6.07) is 17.1. The average molecular weight is 856 g/mol. The van der Waals surface area contributed by atoms with E-state index in [-0.39, 0.29) is 39.5 Å². The summed E-state index contributed by atoms with van der Waals surface area (Å²) in [5.74, 6) is -1.46. The van der Waals surface area contributed by atoms with Crippen molar-refractivity contribution in [3.05, 3.63) is 90.1 Å². The molecule has 4 heterocycles. The lowest BCUT2D eigenvalue weighted by Crippen LogP contribution is -2.64. The first-order chi connectivity index (χ1) is 29.3. The van der Waals surface area contributed by atoms with E-state index in [2.05, 4.69) is 38.8 Å². The van der Waals surface area contributed by atoms with Gasteiger partial charge in [-0.3, -0.25) is 19.8 Å². The third kappa shape index (κ3) is 7.83. The van der Waals surface area contributed by atoms with E-state index in [1.165, 1.54) is 17.5 Å². The second kappa shape index (κ2) is 15.0. The molecule has 4 saturated carbocycles. The monoisotopic (exact) mass is 855 g/mol. The summed E-state index contributed by atoms with van der Waals surface area (Å²) in [5.41, 5.74) is 3.49. The van der Waals surface area contributed by atoms with E-state index in [0.717, 1.165) is 65.4 Å². The quantitative estimate of drug-likeness (QED) is 0.128. The number of amides is 2. The molecule has 4 aromatic heterocycles. The number of aromatic carboxylic acids is 1. The molecule has 4 fully saturated rings. The van der Waals surface area contributed by atoms with Crippen LogP contribution in [0.4, 0.5) is 9.93 Å². The van der Waals surface area contributed by atoms with Gasteiger partial charge in [0.1, 0.15) is 11.3 Å². The fourth-order valence-corrected chi connectivity index (χ4v) is 12.7. The minimum Gasteiger partial charge on any atom is -0.476 e. The number of carbonyl (C=O) groups is 3. The van der Waals surface area contributed by atoms with Crippen LogP contribution in [0.3, 0.4) is 0 Å². The van der Waals surface area contributed by atoms with Crippen molar-refractivity contribution in [1.29, 1.82) is 0 Å². The standard InChI is InChI=1S/C48H53N7O6S/c1-29-37(32-11-10-16-50-39(32)41(57)58)38(30-14-15-31-20-49-21-34(33(31)19-30)40(56)52-42-51-35-12-8-9-13-36(35)62-42)53-55(29)28-47-23-45(5)22-46(6,24-47)26-48(25-45,27-47)60-18-17-54(7)43(59)61-44(2,3)4/h8-16,19-21H,17-18,22-28H2,1-7H3,(H,57,58)(H,51,52,56). The number of likely N-dealkylation sites (N-methyl/N-ethyl adjacent to an activating group) is 1. The van der Waals surface area contributed by atoms with Gasteiger partial charge in [0.05, 0.1) is 28.0 Å². The van der Waals surface area contributed by atoms with Gasteiger partial charge in [-0.2, -0.15) is 5.10 Å². The number of fused-ring (bicyclic) bond motifs is 2. The number of hydrogen-bond acceptors (Lipinski definition) is 10. The van der Waals surface area contributed by atoms with E-state index in [0.29, 0.717) is 52.6 Å². The number of nitrogens with one attached hydrogen (secondary N) is 1. The fourth-order valence-electron chi connectivity index (χ4n) is 11.9. The minimum absolute atomic E-state index is 0.0574. The second-order valence-electron chi connectivity index (χ2n) is 19.9. The Kier molecular flexibility index (Phi) is 10.0. The first-order valence-corrected chi connectivity index (χ1v) is 22.1. The Hall–Kier alpha value is -5.73. The number of nitrogens with zero attached hydrogens (tertiary/aromatic N) is 6. The highest BCUT2D eigenvalue weighted by atomic mass is 32.1. The van der Waals surface area contributed by atoms with E-state index in [9.17, 15) is 19.5 Å². The molecule has 2 N–H and O–H groups in total. The smallest absolute Gasteiger partial charge is 0.410 e. The lowest BCUT2D eigenvalue weighted by Gasteiger charge is -2.69. The van der Waals surface area contributed by atoms with Crippen molar-refractivity contribution in [3.8, 4) is 22.4 Å². The molecule has 0 radical (unpaired) electrons. The highest BCUT2D eigenvalue weighted by molar-refractivity contribution is 7.22. The Morgan fingerprint density at radius 3 is 2.45 bits per heavy atom. The first kappa shape index (κ1) is 41.6. The molecule has 4 bridgehead atoms. The maximum Gasteiger partial charge on any atom is 0.410 e. The van der Waals surface area contributed by atoms with Gasteiger partial charge in [-0.25, -0.2) is 19.6 Å². The zero-order chi connectivity index (χ0) is 43.8. The minimum atomic E-state index is -1.13. The largest absolute Gasteiger partial charge is 0.476 e. The van der Waals surface area contributed by atoms with Crippen molar-refractivity contribution < 1.29 is 29.0 Å². The van der Waals surface area contributed by atoms with Crippen LogP contribution < -0.4 is 5.32 Å². The third-order valence-electron chi connectivity index (χ3n) is 13.0. The number of carbonyl (C=O) groups excluding carboxylic acids is 2. The van der Waals surface area contributed by atoms with Crippen LogP contribution in [0.2, 0.25) is 0 Å². The number of thiazole rings is 1. The van der Waals surface area contributed by atoms with Gasteiger partial charge >= 0.3 is 12.1 Å². The van der Waals surface area contributed by atoms with Gasteiger partial charge in [-0.05, 0) is 112 Å². The van der Waals surface area contributed by atoms with Gasteiger partial charge in [-0.1, -0.05) is 55.5 Å². The highest BCUT2D eigenvalue weighted by Crippen LogP contribution is 2.72. The summed E-state index contributed by atoms with van der Waals surface area (Å²) in [7, 11) is 1.75. The number of rotatable bonds is 11. The van der Waals surface area contributed by atoms with E-state index < -0.39 is 11.6 Å². The molecule has 322 valence electrons. The molecule has 4 aliphatic carbocycles. The molecule has 13 nitrogen and oxygen atoms in total. The van der Waals surface area contributed by atoms with Crippen LogP contribution in [0.25, 0.3) is 43.4 Å². The average Bonchev–Trinajstić information content (AvgIpc) is 3.74. The van der Waals surface area contributed by atoms with Gasteiger partial charge in [0, 0.05) is 66.5 Å². The molecule has 0 spiro atoms. The number of benzene rings is 2. The van der Waals surface area contributed by atoms with Crippen LogP contribution in [-0.4, -0.2) is 84.1 Å². The lowest BCUT2D eigenvalue weighted by molar-refractivity contribution is -0.248. The zero-order valence-corrected chi connectivity index (χ0v) is 37.2. The second-order valence-corrected chi connectivity index (χ2v) is 20.9.